The molecular weight excluding hydrogens is 416 g/mol. The van der Waals surface area contributed by atoms with Gasteiger partial charge in [-0.15, -0.1) is 0 Å². The molecule has 0 bridgehead atoms. The van der Waals surface area contributed by atoms with Crippen molar-refractivity contribution in [1.82, 2.24) is 20.2 Å². The minimum absolute atomic E-state index is 0.0913. The van der Waals surface area contributed by atoms with Crippen LogP contribution < -0.4 is 10.1 Å². The molecular formula is C26H24N4O3. The second-order valence-corrected chi connectivity index (χ2v) is 7.81. The molecule has 2 aromatic carbocycles. The van der Waals surface area contributed by atoms with E-state index in [1.807, 2.05) is 31.2 Å². The number of aromatic nitrogens is 2. The Morgan fingerprint density at radius 1 is 0.970 bits per heavy atom. The summed E-state index contributed by atoms with van der Waals surface area (Å²) >= 11 is 0. The number of ether oxygens (including phenoxy) is 1. The summed E-state index contributed by atoms with van der Waals surface area (Å²) in [5, 5.41) is 3.71. The van der Waals surface area contributed by atoms with Gasteiger partial charge in [0.05, 0.1) is 5.52 Å². The predicted octanol–water partition coefficient (Wildman–Crippen LogP) is 4.36. The predicted molar refractivity (Wildman–Crippen MR) is 126 cm³/mol. The molecule has 0 saturated carbocycles. The lowest BCUT2D eigenvalue weighted by Crippen LogP contribution is -2.23. The lowest BCUT2D eigenvalue weighted by atomic mass is 10.1. The van der Waals surface area contributed by atoms with Gasteiger partial charge in [0.2, 0.25) is 0 Å². The SMILES string of the molecule is Cc1c(Oc2ccnc3cc(C(=O)N(C)C)ccc23)cccc1C(=O)NCc1ccncc1. The molecule has 33 heavy (non-hydrogen) atoms. The van der Waals surface area contributed by atoms with Gasteiger partial charge in [-0.2, -0.15) is 0 Å². The summed E-state index contributed by atoms with van der Waals surface area (Å²) in [6.45, 7) is 2.27. The van der Waals surface area contributed by atoms with Gasteiger partial charge in [-0.05, 0) is 61.0 Å². The smallest absolute Gasteiger partial charge is 0.253 e. The molecule has 7 nitrogen and oxygen atoms in total. The number of amides is 2. The summed E-state index contributed by atoms with van der Waals surface area (Å²) in [6.07, 6.45) is 5.03. The fourth-order valence-corrected chi connectivity index (χ4v) is 3.47. The van der Waals surface area contributed by atoms with Gasteiger partial charge in [-0.3, -0.25) is 19.6 Å². The van der Waals surface area contributed by atoms with E-state index in [1.165, 1.54) is 4.90 Å². The molecule has 0 radical (unpaired) electrons. The summed E-state index contributed by atoms with van der Waals surface area (Å²) < 4.78 is 6.20. The van der Waals surface area contributed by atoms with Gasteiger partial charge in [-0.1, -0.05) is 6.07 Å². The maximum Gasteiger partial charge on any atom is 0.253 e. The van der Waals surface area contributed by atoms with Crippen LogP contribution >= 0.6 is 0 Å². The van der Waals surface area contributed by atoms with Crippen LogP contribution in [0, 0.1) is 6.92 Å². The van der Waals surface area contributed by atoms with E-state index in [-0.39, 0.29) is 11.8 Å². The van der Waals surface area contributed by atoms with Gasteiger partial charge < -0.3 is 15.0 Å². The lowest BCUT2D eigenvalue weighted by molar-refractivity contribution is 0.0827. The molecule has 0 aliphatic carbocycles. The molecule has 4 rings (SSSR count). The van der Waals surface area contributed by atoms with E-state index in [0.717, 1.165) is 16.5 Å². The van der Waals surface area contributed by atoms with E-state index in [2.05, 4.69) is 15.3 Å². The summed E-state index contributed by atoms with van der Waals surface area (Å²) in [7, 11) is 3.42. The summed E-state index contributed by atoms with van der Waals surface area (Å²) in [5.74, 6) is 0.904. The van der Waals surface area contributed by atoms with Crippen molar-refractivity contribution < 1.29 is 14.3 Å². The number of carbonyl (C=O) groups is 2. The fraction of sp³-hybridized carbons (Fsp3) is 0.154. The number of rotatable bonds is 6. The Morgan fingerprint density at radius 3 is 2.52 bits per heavy atom. The highest BCUT2D eigenvalue weighted by Crippen LogP contribution is 2.32. The number of hydrogen-bond donors (Lipinski definition) is 1. The summed E-state index contributed by atoms with van der Waals surface area (Å²) in [4.78, 5) is 35.0. The molecule has 1 N–H and O–H groups in total. The molecule has 2 heterocycles. The van der Waals surface area contributed by atoms with Gasteiger partial charge in [0.1, 0.15) is 11.5 Å². The summed E-state index contributed by atoms with van der Waals surface area (Å²) in [6, 6.07) is 16.2. The first-order valence-electron chi connectivity index (χ1n) is 10.5. The zero-order valence-corrected chi connectivity index (χ0v) is 18.7. The van der Waals surface area contributed by atoms with Crippen LogP contribution in [0.1, 0.15) is 31.8 Å². The fourth-order valence-electron chi connectivity index (χ4n) is 3.47. The van der Waals surface area contributed by atoms with Crippen LogP contribution in [0.4, 0.5) is 0 Å². The Labute approximate surface area is 192 Å². The van der Waals surface area contributed by atoms with E-state index in [0.29, 0.717) is 34.7 Å². The first-order valence-corrected chi connectivity index (χ1v) is 10.5. The van der Waals surface area contributed by atoms with E-state index < -0.39 is 0 Å². The van der Waals surface area contributed by atoms with Crippen molar-refractivity contribution in [3.05, 3.63) is 95.4 Å². The molecule has 0 saturated heterocycles. The van der Waals surface area contributed by atoms with E-state index >= 15 is 0 Å². The van der Waals surface area contributed by atoms with Crippen LogP contribution in [0.3, 0.4) is 0 Å². The van der Waals surface area contributed by atoms with E-state index in [1.54, 1.807) is 63.0 Å². The second-order valence-electron chi connectivity index (χ2n) is 7.81. The van der Waals surface area contributed by atoms with Crippen molar-refractivity contribution in [1.29, 1.82) is 0 Å². The monoisotopic (exact) mass is 440 g/mol. The number of carbonyl (C=O) groups excluding carboxylic acids is 2. The number of benzene rings is 2. The normalized spacial score (nSPS) is 10.6. The molecule has 0 fully saturated rings. The standard InChI is InChI=1S/C26H24N4O3/c1-17-20(25(31)29-16-18-9-12-27-13-10-18)5-4-6-23(17)33-24-11-14-28-22-15-19(7-8-21(22)24)26(32)30(2)3/h4-15H,16H2,1-3H3,(H,29,31). The Morgan fingerprint density at radius 2 is 1.76 bits per heavy atom. The zero-order valence-electron chi connectivity index (χ0n) is 18.7. The van der Waals surface area contributed by atoms with Gasteiger partial charge in [0, 0.05) is 61.3 Å². The minimum Gasteiger partial charge on any atom is -0.456 e. The number of pyridine rings is 2. The first-order chi connectivity index (χ1) is 15.9. The third-order valence-corrected chi connectivity index (χ3v) is 5.31. The minimum atomic E-state index is -0.179. The number of hydrogen-bond acceptors (Lipinski definition) is 5. The lowest BCUT2D eigenvalue weighted by Gasteiger charge is -2.15. The molecule has 0 atom stereocenters. The van der Waals surface area contributed by atoms with Crippen molar-refractivity contribution in [3.63, 3.8) is 0 Å². The van der Waals surface area contributed by atoms with E-state index in [4.69, 9.17) is 4.74 Å². The molecule has 4 aromatic rings. The van der Waals surface area contributed by atoms with E-state index in [9.17, 15) is 9.59 Å². The van der Waals surface area contributed by atoms with Crippen molar-refractivity contribution in [2.24, 2.45) is 0 Å². The van der Waals surface area contributed by atoms with Crippen LogP contribution in [0.15, 0.2) is 73.2 Å². The molecule has 0 aliphatic heterocycles. The van der Waals surface area contributed by atoms with Crippen molar-refractivity contribution in [2.45, 2.75) is 13.5 Å². The second kappa shape index (κ2) is 9.48. The first kappa shape index (κ1) is 22.0. The third kappa shape index (κ3) is 4.82. The molecule has 0 spiro atoms. The molecule has 2 aromatic heterocycles. The van der Waals surface area contributed by atoms with Crippen LogP contribution in [0.2, 0.25) is 0 Å². The Kier molecular flexibility index (Phi) is 6.31. The Hall–Kier alpha value is -4.26. The highest BCUT2D eigenvalue weighted by Gasteiger charge is 2.15. The molecule has 0 aliphatic rings. The van der Waals surface area contributed by atoms with Crippen LogP contribution in [0.25, 0.3) is 10.9 Å². The maximum atomic E-state index is 12.8. The van der Waals surface area contributed by atoms with Gasteiger partial charge >= 0.3 is 0 Å². The molecule has 166 valence electrons. The summed E-state index contributed by atoms with van der Waals surface area (Å²) in [5.41, 5.74) is 3.46. The molecule has 0 unspecified atom stereocenters. The van der Waals surface area contributed by atoms with Crippen LogP contribution in [-0.2, 0) is 6.54 Å². The van der Waals surface area contributed by atoms with Crippen molar-refractivity contribution >= 4 is 22.7 Å². The maximum absolute atomic E-state index is 12.8. The highest BCUT2D eigenvalue weighted by atomic mass is 16.5. The number of fused-ring (bicyclic) bond motifs is 1. The third-order valence-electron chi connectivity index (χ3n) is 5.31. The number of nitrogens with zero attached hydrogens (tertiary/aromatic N) is 3. The Bertz CT molecular complexity index is 1320. The van der Waals surface area contributed by atoms with Crippen LogP contribution in [-0.4, -0.2) is 40.8 Å². The topological polar surface area (TPSA) is 84.4 Å². The average molecular weight is 441 g/mol. The van der Waals surface area contributed by atoms with Gasteiger partial charge in [0.25, 0.3) is 11.8 Å². The van der Waals surface area contributed by atoms with Gasteiger partial charge in [-0.25, -0.2) is 0 Å². The largest absolute Gasteiger partial charge is 0.456 e. The zero-order chi connectivity index (χ0) is 23.4. The molecule has 7 heteroatoms. The Balaban J connectivity index is 1.58. The number of nitrogens with one attached hydrogen (secondary N) is 1. The average Bonchev–Trinajstić information content (AvgIpc) is 2.83. The van der Waals surface area contributed by atoms with Crippen molar-refractivity contribution in [2.75, 3.05) is 14.1 Å². The van der Waals surface area contributed by atoms with Crippen LogP contribution in [0.5, 0.6) is 11.5 Å². The molecule has 2 amide bonds. The van der Waals surface area contributed by atoms with Crippen molar-refractivity contribution in [3.8, 4) is 11.5 Å². The highest BCUT2D eigenvalue weighted by molar-refractivity contribution is 5.99. The quantitative estimate of drug-likeness (QED) is 0.482. The van der Waals surface area contributed by atoms with Gasteiger partial charge in [0.15, 0.2) is 0 Å².